The number of carboxylic acid groups (broad SMARTS) is 1. The summed E-state index contributed by atoms with van der Waals surface area (Å²) < 4.78 is 5.16. The summed E-state index contributed by atoms with van der Waals surface area (Å²) in [7, 11) is 0. The zero-order valence-corrected chi connectivity index (χ0v) is 11.8. The molecular weight excluding hydrogens is 304 g/mol. The lowest BCUT2D eigenvalue weighted by atomic mass is 10.3. The Morgan fingerprint density at radius 3 is 2.76 bits per heavy atom. The van der Waals surface area contributed by atoms with Crippen LogP contribution in [0.15, 0.2) is 18.2 Å². The lowest BCUT2D eigenvalue weighted by molar-refractivity contribution is -0.385. The van der Waals surface area contributed by atoms with E-state index in [4.69, 9.17) is 21.4 Å². The first-order valence-electron chi connectivity index (χ1n) is 5.90. The van der Waals surface area contributed by atoms with Crippen molar-refractivity contribution in [3.05, 3.63) is 33.3 Å². The average Bonchev–Trinajstić information content (AvgIpc) is 2.39. The van der Waals surface area contributed by atoms with Gasteiger partial charge in [0, 0.05) is 11.1 Å². The highest BCUT2D eigenvalue weighted by Crippen LogP contribution is 2.29. The number of nitrogens with zero attached hydrogens (tertiary/aromatic N) is 1. The summed E-state index contributed by atoms with van der Waals surface area (Å²) in [5, 5.41) is 21.9. The topological polar surface area (TPSA) is 119 Å². The number of hydrogen-bond acceptors (Lipinski definition) is 5. The fourth-order valence-corrected chi connectivity index (χ4v) is 1.55. The van der Waals surface area contributed by atoms with Crippen LogP contribution in [0.4, 0.5) is 5.69 Å². The number of ether oxygens (including phenoxy) is 1. The van der Waals surface area contributed by atoms with Crippen LogP contribution in [0.2, 0.25) is 5.02 Å². The van der Waals surface area contributed by atoms with Crippen LogP contribution in [0.1, 0.15) is 13.3 Å². The lowest BCUT2D eigenvalue weighted by Crippen LogP contribution is -2.38. The van der Waals surface area contributed by atoms with E-state index in [0.29, 0.717) is 0 Å². The second-order valence-corrected chi connectivity index (χ2v) is 4.53. The maximum Gasteiger partial charge on any atom is 0.325 e. The van der Waals surface area contributed by atoms with Crippen molar-refractivity contribution in [2.45, 2.75) is 19.4 Å². The van der Waals surface area contributed by atoms with Gasteiger partial charge in [0.25, 0.3) is 0 Å². The van der Waals surface area contributed by atoms with Gasteiger partial charge in [-0.1, -0.05) is 11.6 Å². The number of halogens is 1. The van der Waals surface area contributed by atoms with E-state index < -0.39 is 22.8 Å². The minimum absolute atomic E-state index is 0.0107. The predicted octanol–water partition coefficient (Wildman–Crippen LogP) is 1.61. The molecule has 0 aromatic heterocycles. The van der Waals surface area contributed by atoms with E-state index in [-0.39, 0.29) is 29.5 Å². The summed E-state index contributed by atoms with van der Waals surface area (Å²) in [5.74, 6) is -1.69. The third-order valence-electron chi connectivity index (χ3n) is 2.45. The van der Waals surface area contributed by atoms with Crippen molar-refractivity contribution in [2.75, 3.05) is 6.61 Å². The SMILES string of the molecule is C[C@H](NC(=O)CCOc1ccc(Cl)cc1[N+](=O)[O-])C(=O)O. The third kappa shape index (κ3) is 5.27. The van der Waals surface area contributed by atoms with Crippen molar-refractivity contribution in [1.29, 1.82) is 0 Å². The van der Waals surface area contributed by atoms with Gasteiger partial charge in [-0.05, 0) is 19.1 Å². The molecule has 0 fully saturated rings. The average molecular weight is 317 g/mol. The summed E-state index contributed by atoms with van der Waals surface area (Å²) in [4.78, 5) is 32.1. The number of carbonyl (C=O) groups excluding carboxylic acids is 1. The molecule has 0 radical (unpaired) electrons. The fourth-order valence-electron chi connectivity index (χ4n) is 1.38. The third-order valence-corrected chi connectivity index (χ3v) is 2.69. The van der Waals surface area contributed by atoms with Crippen LogP contribution in [-0.4, -0.2) is 34.6 Å². The molecule has 0 heterocycles. The molecule has 0 aliphatic heterocycles. The maximum absolute atomic E-state index is 11.4. The lowest BCUT2D eigenvalue weighted by Gasteiger charge is -2.10. The molecule has 9 heteroatoms. The van der Waals surface area contributed by atoms with E-state index in [2.05, 4.69) is 5.32 Å². The van der Waals surface area contributed by atoms with Crippen molar-refractivity contribution in [1.82, 2.24) is 5.32 Å². The van der Waals surface area contributed by atoms with E-state index in [0.717, 1.165) is 6.07 Å². The number of carboxylic acids is 1. The number of hydrogen-bond donors (Lipinski definition) is 2. The molecule has 0 aliphatic rings. The smallest absolute Gasteiger partial charge is 0.325 e. The number of amides is 1. The van der Waals surface area contributed by atoms with Gasteiger partial charge in [0.1, 0.15) is 6.04 Å². The minimum atomic E-state index is -1.15. The normalized spacial score (nSPS) is 11.5. The second-order valence-electron chi connectivity index (χ2n) is 4.10. The first-order valence-corrected chi connectivity index (χ1v) is 6.28. The number of nitro benzene ring substituents is 1. The van der Waals surface area contributed by atoms with Crippen LogP contribution in [0.5, 0.6) is 5.75 Å². The molecule has 0 aliphatic carbocycles. The molecule has 1 amide bonds. The Balaban J connectivity index is 2.55. The summed E-state index contributed by atoms with van der Waals surface area (Å²) in [5.41, 5.74) is -0.304. The molecule has 8 nitrogen and oxygen atoms in total. The molecule has 1 rings (SSSR count). The quantitative estimate of drug-likeness (QED) is 0.582. The van der Waals surface area contributed by atoms with Crippen LogP contribution in [0.3, 0.4) is 0 Å². The summed E-state index contributed by atoms with van der Waals surface area (Å²) in [6.45, 7) is 1.20. The second kappa shape index (κ2) is 7.44. The van der Waals surface area contributed by atoms with E-state index in [1.165, 1.54) is 19.1 Å². The number of nitro groups is 1. The number of rotatable bonds is 7. The van der Waals surface area contributed by atoms with Crippen LogP contribution < -0.4 is 10.1 Å². The predicted molar refractivity (Wildman–Crippen MR) is 73.5 cm³/mol. The van der Waals surface area contributed by atoms with Gasteiger partial charge in [-0.3, -0.25) is 19.7 Å². The Morgan fingerprint density at radius 2 is 2.19 bits per heavy atom. The maximum atomic E-state index is 11.4. The van der Waals surface area contributed by atoms with Gasteiger partial charge in [0.05, 0.1) is 18.0 Å². The Hall–Kier alpha value is -2.35. The van der Waals surface area contributed by atoms with Crippen molar-refractivity contribution < 1.29 is 24.4 Å². The van der Waals surface area contributed by atoms with Gasteiger partial charge in [0.2, 0.25) is 5.91 Å². The van der Waals surface area contributed by atoms with Gasteiger partial charge >= 0.3 is 11.7 Å². The summed E-state index contributed by atoms with van der Waals surface area (Å²) in [6.07, 6.45) is -0.128. The Kier molecular flexibility index (Phi) is 5.92. The molecule has 21 heavy (non-hydrogen) atoms. The van der Waals surface area contributed by atoms with E-state index in [1.807, 2.05) is 0 Å². The Bertz CT molecular complexity index is 563. The minimum Gasteiger partial charge on any atom is -0.486 e. The molecule has 0 unspecified atom stereocenters. The Morgan fingerprint density at radius 1 is 1.52 bits per heavy atom. The number of carbonyl (C=O) groups is 2. The molecule has 0 spiro atoms. The van der Waals surface area contributed by atoms with Gasteiger partial charge in [0.15, 0.2) is 5.75 Å². The molecule has 0 bridgehead atoms. The van der Waals surface area contributed by atoms with Crippen LogP contribution in [-0.2, 0) is 9.59 Å². The van der Waals surface area contributed by atoms with E-state index in [1.54, 1.807) is 0 Å². The zero-order valence-electron chi connectivity index (χ0n) is 11.0. The van der Waals surface area contributed by atoms with E-state index >= 15 is 0 Å². The number of benzene rings is 1. The molecule has 2 N–H and O–H groups in total. The highest BCUT2D eigenvalue weighted by Gasteiger charge is 2.17. The molecule has 0 saturated heterocycles. The molecule has 1 aromatic carbocycles. The van der Waals surface area contributed by atoms with E-state index in [9.17, 15) is 19.7 Å². The van der Waals surface area contributed by atoms with Crippen molar-refractivity contribution in [2.24, 2.45) is 0 Å². The van der Waals surface area contributed by atoms with Crippen molar-refractivity contribution in [3.8, 4) is 5.75 Å². The summed E-state index contributed by atoms with van der Waals surface area (Å²) >= 11 is 5.65. The van der Waals surface area contributed by atoms with Crippen molar-refractivity contribution in [3.63, 3.8) is 0 Å². The Labute approximate surface area is 124 Å². The standard InChI is InChI=1S/C12H13ClN2O6/c1-7(12(17)18)14-11(16)4-5-21-10-3-2-8(13)6-9(10)15(19)20/h2-3,6-7H,4-5H2,1H3,(H,14,16)(H,17,18)/t7-/m0/s1. The first kappa shape index (κ1) is 16.7. The summed E-state index contributed by atoms with van der Waals surface area (Å²) in [6, 6.07) is 2.89. The van der Waals surface area contributed by atoms with Crippen LogP contribution in [0, 0.1) is 10.1 Å². The molecular formula is C12H13ClN2O6. The van der Waals surface area contributed by atoms with Crippen molar-refractivity contribution >= 4 is 29.2 Å². The molecule has 0 saturated carbocycles. The first-order chi connectivity index (χ1) is 9.81. The zero-order chi connectivity index (χ0) is 16.0. The monoisotopic (exact) mass is 316 g/mol. The van der Waals surface area contributed by atoms with Gasteiger partial charge in [-0.2, -0.15) is 0 Å². The molecule has 1 atom stereocenters. The number of nitrogens with one attached hydrogen (secondary N) is 1. The van der Waals surface area contributed by atoms with Gasteiger partial charge < -0.3 is 15.2 Å². The van der Waals surface area contributed by atoms with Crippen LogP contribution >= 0.6 is 11.6 Å². The van der Waals surface area contributed by atoms with Gasteiger partial charge in [-0.15, -0.1) is 0 Å². The van der Waals surface area contributed by atoms with Gasteiger partial charge in [-0.25, -0.2) is 0 Å². The molecule has 1 aromatic rings. The fraction of sp³-hybridized carbons (Fsp3) is 0.333. The highest BCUT2D eigenvalue weighted by molar-refractivity contribution is 6.30. The highest BCUT2D eigenvalue weighted by atomic mass is 35.5. The largest absolute Gasteiger partial charge is 0.486 e. The van der Waals surface area contributed by atoms with Crippen LogP contribution in [0.25, 0.3) is 0 Å². The number of aliphatic carboxylic acids is 1. The molecule has 114 valence electrons.